The Morgan fingerprint density at radius 3 is 2.50 bits per heavy atom. The van der Waals surface area contributed by atoms with Gasteiger partial charge in [-0.1, -0.05) is 30.5 Å². The smallest absolute Gasteiger partial charge is 0.341 e. The van der Waals surface area contributed by atoms with Crippen LogP contribution in [0.25, 0.3) is 0 Å². The fourth-order valence-corrected chi connectivity index (χ4v) is 6.19. The number of nitrogens with one attached hydrogen (secondary N) is 1. The molecule has 6 nitrogen and oxygen atoms in total. The van der Waals surface area contributed by atoms with Gasteiger partial charge in [-0.2, -0.15) is 0 Å². The maximum absolute atomic E-state index is 13.4. The second-order valence-corrected chi connectivity index (χ2v) is 10.5. The van der Waals surface area contributed by atoms with Gasteiger partial charge in [0.1, 0.15) is 10.8 Å². The minimum atomic E-state index is -0.408. The maximum atomic E-state index is 13.4. The fourth-order valence-electron chi connectivity index (χ4n) is 4.70. The van der Waals surface area contributed by atoms with Gasteiger partial charge in [0, 0.05) is 37.6 Å². The molecule has 9 heteroatoms. The highest BCUT2D eigenvalue weighted by atomic mass is 35.5. The van der Waals surface area contributed by atoms with E-state index in [0.717, 1.165) is 69.4 Å². The van der Waals surface area contributed by atoms with Crippen LogP contribution in [0.15, 0.2) is 18.2 Å². The Bertz CT molecular complexity index is 1040. The number of thiophene rings is 1. The number of aryl methyl sites for hydroxylation is 1. The molecule has 184 valence electrons. The Morgan fingerprint density at radius 1 is 1.09 bits per heavy atom. The Hall–Kier alpha value is -2.00. The third-order valence-corrected chi connectivity index (χ3v) is 8.03. The molecule has 0 spiro atoms. The first-order valence-electron chi connectivity index (χ1n) is 11.9. The number of fused-ring (bicyclic) bond motifs is 1. The van der Waals surface area contributed by atoms with Crippen LogP contribution in [-0.2, 0) is 28.9 Å². The van der Waals surface area contributed by atoms with E-state index in [2.05, 4.69) is 15.1 Å². The number of nitrogens with zero attached hydrogens (tertiary/aromatic N) is 2. The molecule has 1 aliphatic carbocycles. The van der Waals surface area contributed by atoms with Crippen LogP contribution in [0, 0.1) is 5.82 Å². The molecule has 4 rings (SSSR count). The molecule has 2 aromatic rings. The van der Waals surface area contributed by atoms with Gasteiger partial charge in [-0.25, -0.2) is 9.18 Å². The van der Waals surface area contributed by atoms with Crippen LogP contribution in [0.1, 0.15) is 52.0 Å². The Kier molecular flexibility index (Phi) is 8.58. The number of esters is 1. The van der Waals surface area contributed by atoms with E-state index in [9.17, 15) is 14.0 Å². The number of rotatable bonds is 6. The van der Waals surface area contributed by atoms with E-state index in [4.69, 9.17) is 16.3 Å². The molecule has 2 aliphatic rings. The van der Waals surface area contributed by atoms with Crippen LogP contribution in [-0.4, -0.2) is 61.5 Å². The third kappa shape index (κ3) is 6.16. The standard InChI is InChI=1S/C25H31ClFN3O3S/c1-33-25(32)23-18-6-4-2-3-5-7-21(18)34-24(23)28-22(31)16-30-12-10-29(11-13-30)15-17-8-9-20(27)19(26)14-17/h8-9,14H,2-7,10-13,15-16H2,1H3,(H,28,31). The number of anilines is 1. The van der Waals surface area contributed by atoms with Crippen molar-refractivity contribution in [3.05, 3.63) is 50.6 Å². The number of methoxy groups -OCH3 is 1. The lowest BCUT2D eigenvalue weighted by Crippen LogP contribution is -2.48. The molecule has 2 heterocycles. The molecule has 1 fully saturated rings. The number of halogens is 2. The SMILES string of the molecule is COC(=O)c1c(NC(=O)CN2CCN(Cc3ccc(F)c(Cl)c3)CC2)sc2c1CCCCCC2. The predicted molar refractivity (Wildman–Crippen MR) is 133 cm³/mol. The van der Waals surface area contributed by atoms with E-state index in [0.29, 0.717) is 17.1 Å². The van der Waals surface area contributed by atoms with Gasteiger partial charge >= 0.3 is 5.97 Å². The summed E-state index contributed by atoms with van der Waals surface area (Å²) in [6, 6.07) is 4.82. The van der Waals surface area contributed by atoms with Crippen LogP contribution >= 0.6 is 22.9 Å². The zero-order valence-corrected chi connectivity index (χ0v) is 21.1. The molecule has 1 aromatic carbocycles. The molecule has 1 N–H and O–H groups in total. The number of amides is 1. The lowest BCUT2D eigenvalue weighted by molar-refractivity contribution is -0.117. The van der Waals surface area contributed by atoms with Crippen molar-refractivity contribution < 1.29 is 18.7 Å². The fraction of sp³-hybridized carbons (Fsp3) is 0.520. The number of benzene rings is 1. The summed E-state index contributed by atoms with van der Waals surface area (Å²) in [6.45, 7) is 4.11. The minimum absolute atomic E-state index is 0.113. The lowest BCUT2D eigenvalue weighted by Gasteiger charge is -2.34. The van der Waals surface area contributed by atoms with Crippen molar-refractivity contribution in [3.63, 3.8) is 0 Å². The molecule has 1 amide bonds. The van der Waals surface area contributed by atoms with E-state index in [1.807, 2.05) is 0 Å². The van der Waals surface area contributed by atoms with Gasteiger partial charge in [0.05, 0.1) is 24.2 Å². The van der Waals surface area contributed by atoms with Crippen molar-refractivity contribution in [2.75, 3.05) is 45.2 Å². The molecule has 1 aliphatic heterocycles. The molecule has 0 saturated carbocycles. The van der Waals surface area contributed by atoms with Gasteiger partial charge in [-0.3, -0.25) is 14.6 Å². The van der Waals surface area contributed by atoms with Crippen LogP contribution in [0.4, 0.5) is 9.39 Å². The second-order valence-electron chi connectivity index (χ2n) is 8.96. The Balaban J connectivity index is 1.34. The van der Waals surface area contributed by atoms with Gasteiger partial charge in [-0.15, -0.1) is 11.3 Å². The highest BCUT2D eigenvalue weighted by molar-refractivity contribution is 7.17. The largest absolute Gasteiger partial charge is 0.465 e. The summed E-state index contributed by atoms with van der Waals surface area (Å²) < 4.78 is 18.4. The zero-order valence-electron chi connectivity index (χ0n) is 19.5. The number of ether oxygens (including phenoxy) is 1. The molecule has 0 bridgehead atoms. The molecule has 1 saturated heterocycles. The molecule has 34 heavy (non-hydrogen) atoms. The van der Waals surface area contributed by atoms with Crippen LogP contribution in [0.2, 0.25) is 5.02 Å². The van der Waals surface area contributed by atoms with Crippen LogP contribution < -0.4 is 5.32 Å². The summed E-state index contributed by atoms with van der Waals surface area (Å²) in [5.74, 6) is -0.893. The van der Waals surface area contributed by atoms with Crippen molar-refractivity contribution in [1.29, 1.82) is 0 Å². The van der Waals surface area contributed by atoms with Crippen molar-refractivity contribution in [1.82, 2.24) is 9.80 Å². The predicted octanol–water partition coefficient (Wildman–Crippen LogP) is 4.74. The summed E-state index contributed by atoms with van der Waals surface area (Å²) in [6.07, 6.45) is 6.32. The normalized spacial score (nSPS) is 17.5. The van der Waals surface area contributed by atoms with Crippen molar-refractivity contribution in [2.24, 2.45) is 0 Å². The van der Waals surface area contributed by atoms with E-state index in [1.54, 1.807) is 12.1 Å². The molecule has 0 atom stereocenters. The van der Waals surface area contributed by atoms with Crippen molar-refractivity contribution >= 4 is 39.8 Å². The molecule has 0 unspecified atom stereocenters. The van der Waals surface area contributed by atoms with E-state index >= 15 is 0 Å². The second kappa shape index (κ2) is 11.6. The average molecular weight is 508 g/mol. The van der Waals surface area contributed by atoms with E-state index in [1.165, 1.54) is 35.8 Å². The molecular formula is C25H31ClFN3O3S. The van der Waals surface area contributed by atoms with Crippen LogP contribution in [0.5, 0.6) is 0 Å². The summed E-state index contributed by atoms with van der Waals surface area (Å²) in [7, 11) is 1.39. The number of piperazine rings is 1. The number of hydrogen-bond acceptors (Lipinski definition) is 6. The monoisotopic (exact) mass is 507 g/mol. The molecule has 0 radical (unpaired) electrons. The summed E-state index contributed by atoms with van der Waals surface area (Å²) in [5.41, 5.74) is 2.57. The Labute approximate surface area is 209 Å². The Morgan fingerprint density at radius 2 is 1.79 bits per heavy atom. The first kappa shape index (κ1) is 25.1. The number of carbonyl (C=O) groups excluding carboxylic acids is 2. The van der Waals surface area contributed by atoms with Gasteiger partial charge in [0.15, 0.2) is 0 Å². The maximum Gasteiger partial charge on any atom is 0.341 e. The van der Waals surface area contributed by atoms with Crippen molar-refractivity contribution in [2.45, 2.75) is 45.1 Å². The molecular weight excluding hydrogens is 477 g/mol. The topological polar surface area (TPSA) is 61.9 Å². The van der Waals surface area contributed by atoms with Gasteiger partial charge < -0.3 is 10.1 Å². The highest BCUT2D eigenvalue weighted by Crippen LogP contribution is 2.37. The summed E-state index contributed by atoms with van der Waals surface area (Å²) in [5, 5.41) is 3.77. The first-order valence-corrected chi connectivity index (χ1v) is 13.1. The van der Waals surface area contributed by atoms with E-state index in [-0.39, 0.29) is 23.4 Å². The first-order chi connectivity index (χ1) is 16.4. The third-order valence-electron chi connectivity index (χ3n) is 6.54. The van der Waals surface area contributed by atoms with Gasteiger partial charge in [-0.05, 0) is 48.9 Å². The quantitative estimate of drug-likeness (QED) is 0.572. The summed E-state index contributed by atoms with van der Waals surface area (Å²) in [4.78, 5) is 31.0. The van der Waals surface area contributed by atoms with Gasteiger partial charge in [0.25, 0.3) is 0 Å². The van der Waals surface area contributed by atoms with Gasteiger partial charge in [0.2, 0.25) is 5.91 Å². The summed E-state index contributed by atoms with van der Waals surface area (Å²) >= 11 is 7.42. The minimum Gasteiger partial charge on any atom is -0.465 e. The van der Waals surface area contributed by atoms with Crippen LogP contribution in [0.3, 0.4) is 0 Å². The number of carbonyl (C=O) groups is 2. The zero-order chi connectivity index (χ0) is 24.1. The lowest BCUT2D eigenvalue weighted by atomic mass is 9.96. The number of hydrogen-bond donors (Lipinski definition) is 1. The van der Waals surface area contributed by atoms with E-state index < -0.39 is 5.82 Å². The molecule has 1 aromatic heterocycles. The average Bonchev–Trinajstić information content (AvgIpc) is 3.12. The van der Waals surface area contributed by atoms with Crippen molar-refractivity contribution in [3.8, 4) is 0 Å². The highest BCUT2D eigenvalue weighted by Gasteiger charge is 2.27.